The van der Waals surface area contributed by atoms with Gasteiger partial charge < -0.3 is 14.7 Å². The number of carboxylic acid groups (broad SMARTS) is 1. The molecule has 0 aliphatic carbocycles. The van der Waals surface area contributed by atoms with Crippen LogP contribution < -0.4 is 0 Å². The fraction of sp³-hybridized carbons (Fsp3) is 0.588. The molecular formula is C17H25N7O5. The average Bonchev–Trinajstić information content (AvgIpc) is 3.23. The first-order chi connectivity index (χ1) is 13.8. The monoisotopic (exact) mass is 407 g/mol. The maximum atomic E-state index is 12.6. The number of nitrogens with zero attached hydrogens (tertiary/aromatic N) is 7. The van der Waals surface area contributed by atoms with Crippen molar-refractivity contribution >= 4 is 18.2 Å². The first-order valence-corrected chi connectivity index (χ1v) is 9.04. The van der Waals surface area contributed by atoms with E-state index in [0.29, 0.717) is 49.7 Å². The van der Waals surface area contributed by atoms with E-state index in [0.717, 1.165) is 5.69 Å². The molecule has 1 amide bonds. The molecule has 29 heavy (non-hydrogen) atoms. The quantitative estimate of drug-likeness (QED) is 0.531. The predicted octanol–water partition coefficient (Wildman–Crippen LogP) is -0.0830. The van der Waals surface area contributed by atoms with Crippen LogP contribution in [0.5, 0.6) is 0 Å². The Bertz CT molecular complexity index is 876. The van der Waals surface area contributed by atoms with Crippen LogP contribution >= 0.6 is 0 Å². The van der Waals surface area contributed by atoms with E-state index in [-0.39, 0.29) is 24.3 Å². The predicted molar refractivity (Wildman–Crippen MR) is 99.1 cm³/mol. The van der Waals surface area contributed by atoms with Gasteiger partial charge >= 0.3 is 0 Å². The van der Waals surface area contributed by atoms with Crippen molar-refractivity contribution in [1.29, 1.82) is 0 Å². The van der Waals surface area contributed by atoms with E-state index in [2.05, 4.69) is 20.6 Å². The number of carbonyl (C=O) groups is 3. The summed E-state index contributed by atoms with van der Waals surface area (Å²) in [6, 6.07) is 0. The lowest BCUT2D eigenvalue weighted by Gasteiger charge is -2.32. The zero-order valence-electron chi connectivity index (χ0n) is 16.9. The van der Waals surface area contributed by atoms with Crippen LogP contribution in [0.3, 0.4) is 0 Å². The van der Waals surface area contributed by atoms with Gasteiger partial charge in [-0.1, -0.05) is 0 Å². The minimum absolute atomic E-state index is 0.00844. The molecule has 1 N–H and O–H groups in total. The molecule has 1 fully saturated rings. The number of Topliss-reactive ketones (excluding diaryl/α,β-unsaturated/α-hetero) is 1. The van der Waals surface area contributed by atoms with Crippen molar-refractivity contribution in [3.8, 4) is 0 Å². The van der Waals surface area contributed by atoms with Crippen molar-refractivity contribution in [2.24, 2.45) is 7.05 Å². The lowest BCUT2D eigenvalue weighted by atomic mass is 10.1. The van der Waals surface area contributed by atoms with Gasteiger partial charge in [-0.15, -0.1) is 5.10 Å². The second-order valence-corrected chi connectivity index (χ2v) is 6.54. The molecule has 0 spiro atoms. The molecule has 2 aromatic heterocycles. The number of ether oxygens (including phenoxy) is 1. The van der Waals surface area contributed by atoms with E-state index in [1.807, 2.05) is 13.8 Å². The lowest BCUT2D eigenvalue weighted by molar-refractivity contribution is -0.139. The standard InChI is InChI=1S/C16H23N7O3.CH2O2/c1-10-15(12(3)24)11(2)23(18-10)6-5-14(25)22-7-8-26-13(9-22)16-17-19-20-21(16)4;2-1-3/h13H,5-9H2,1-4H3;1H,(H,2,3). The fourth-order valence-electron chi connectivity index (χ4n) is 3.32. The van der Waals surface area contributed by atoms with E-state index in [1.165, 1.54) is 6.92 Å². The molecule has 1 unspecified atom stereocenters. The molecule has 12 nitrogen and oxygen atoms in total. The molecule has 1 aliphatic heterocycles. The zero-order valence-corrected chi connectivity index (χ0v) is 16.9. The number of aryl methyl sites for hydroxylation is 3. The number of hydrogen-bond donors (Lipinski definition) is 1. The summed E-state index contributed by atoms with van der Waals surface area (Å²) < 4.78 is 8.98. The van der Waals surface area contributed by atoms with Gasteiger partial charge in [-0.2, -0.15) is 5.10 Å². The van der Waals surface area contributed by atoms with E-state index in [4.69, 9.17) is 14.6 Å². The summed E-state index contributed by atoms with van der Waals surface area (Å²) in [5.41, 5.74) is 2.13. The van der Waals surface area contributed by atoms with Crippen LogP contribution in [0.25, 0.3) is 0 Å². The summed E-state index contributed by atoms with van der Waals surface area (Å²) >= 11 is 0. The summed E-state index contributed by atoms with van der Waals surface area (Å²) in [7, 11) is 1.74. The molecule has 2 aromatic rings. The highest BCUT2D eigenvalue weighted by Crippen LogP contribution is 2.20. The number of amides is 1. The van der Waals surface area contributed by atoms with Gasteiger partial charge in [0.2, 0.25) is 5.91 Å². The maximum absolute atomic E-state index is 12.6. The summed E-state index contributed by atoms with van der Waals surface area (Å²) in [5, 5.41) is 22.7. The van der Waals surface area contributed by atoms with E-state index in [1.54, 1.807) is 21.3 Å². The molecule has 3 rings (SSSR count). The Morgan fingerprint density at radius 3 is 2.59 bits per heavy atom. The van der Waals surface area contributed by atoms with Crippen LogP contribution in [0.15, 0.2) is 0 Å². The Hall–Kier alpha value is -3.15. The van der Waals surface area contributed by atoms with Crippen molar-refractivity contribution in [3.05, 3.63) is 22.8 Å². The molecular weight excluding hydrogens is 382 g/mol. The van der Waals surface area contributed by atoms with Crippen LogP contribution in [0.1, 0.15) is 47.0 Å². The molecule has 12 heteroatoms. The summed E-state index contributed by atoms with van der Waals surface area (Å²) in [4.78, 5) is 34.4. The highest BCUT2D eigenvalue weighted by Gasteiger charge is 2.28. The Morgan fingerprint density at radius 1 is 1.34 bits per heavy atom. The summed E-state index contributed by atoms with van der Waals surface area (Å²) in [6.45, 7) is 6.78. The number of hydrogen-bond acceptors (Lipinski definition) is 8. The third-order valence-electron chi connectivity index (χ3n) is 4.63. The van der Waals surface area contributed by atoms with Gasteiger partial charge in [0.05, 0.1) is 24.4 Å². The molecule has 0 bridgehead atoms. The third-order valence-corrected chi connectivity index (χ3v) is 4.63. The Morgan fingerprint density at radius 2 is 2.03 bits per heavy atom. The minimum atomic E-state index is -0.328. The second kappa shape index (κ2) is 9.87. The van der Waals surface area contributed by atoms with E-state index < -0.39 is 0 Å². The van der Waals surface area contributed by atoms with Gasteiger partial charge in [0.15, 0.2) is 11.6 Å². The molecule has 1 atom stereocenters. The molecule has 1 aliphatic rings. The number of carbonyl (C=O) groups excluding carboxylic acids is 2. The van der Waals surface area contributed by atoms with Crippen LogP contribution in [0.2, 0.25) is 0 Å². The van der Waals surface area contributed by atoms with Crippen molar-refractivity contribution in [3.63, 3.8) is 0 Å². The maximum Gasteiger partial charge on any atom is 0.290 e. The molecule has 0 aromatic carbocycles. The van der Waals surface area contributed by atoms with Crippen molar-refractivity contribution in [2.75, 3.05) is 19.7 Å². The average molecular weight is 407 g/mol. The van der Waals surface area contributed by atoms with Crippen LogP contribution in [0.4, 0.5) is 0 Å². The van der Waals surface area contributed by atoms with E-state index >= 15 is 0 Å². The van der Waals surface area contributed by atoms with Crippen LogP contribution in [-0.4, -0.2) is 77.9 Å². The SMILES string of the molecule is CC(=O)c1c(C)nn(CCC(=O)N2CCOC(c3nnnn3C)C2)c1C.O=CO. The number of tetrazole rings is 1. The van der Waals surface area contributed by atoms with Gasteiger partial charge in [-0.25, -0.2) is 4.68 Å². The molecule has 3 heterocycles. The normalized spacial score (nSPS) is 16.1. The smallest absolute Gasteiger partial charge is 0.290 e. The Kier molecular flexibility index (Phi) is 7.53. The lowest BCUT2D eigenvalue weighted by Crippen LogP contribution is -2.43. The van der Waals surface area contributed by atoms with Gasteiger partial charge in [-0.3, -0.25) is 19.1 Å². The summed E-state index contributed by atoms with van der Waals surface area (Å²) in [6.07, 6.45) is -0.0194. The second-order valence-electron chi connectivity index (χ2n) is 6.54. The largest absolute Gasteiger partial charge is 0.483 e. The zero-order chi connectivity index (χ0) is 21.6. The minimum Gasteiger partial charge on any atom is -0.483 e. The molecule has 0 saturated carbocycles. The van der Waals surface area contributed by atoms with Gasteiger partial charge in [0.25, 0.3) is 6.47 Å². The van der Waals surface area contributed by atoms with Crippen LogP contribution in [0, 0.1) is 13.8 Å². The fourth-order valence-corrected chi connectivity index (χ4v) is 3.32. The van der Waals surface area contributed by atoms with Crippen molar-refractivity contribution in [2.45, 2.75) is 39.8 Å². The molecule has 158 valence electrons. The Balaban J connectivity index is 0.000000941. The van der Waals surface area contributed by atoms with Crippen LogP contribution in [-0.2, 0) is 27.9 Å². The molecule has 1 saturated heterocycles. The van der Waals surface area contributed by atoms with Gasteiger partial charge in [0.1, 0.15) is 6.10 Å². The topological polar surface area (TPSA) is 145 Å². The first-order valence-electron chi connectivity index (χ1n) is 9.04. The number of ketones is 1. The highest BCUT2D eigenvalue weighted by atomic mass is 16.5. The number of aromatic nitrogens is 6. The number of morpholine rings is 1. The van der Waals surface area contributed by atoms with Crippen molar-refractivity contribution in [1.82, 2.24) is 34.9 Å². The summed E-state index contributed by atoms with van der Waals surface area (Å²) in [5.74, 6) is 0.614. The van der Waals surface area contributed by atoms with Crippen molar-refractivity contribution < 1.29 is 24.2 Å². The Labute approximate surface area is 167 Å². The first kappa shape index (κ1) is 22.1. The van der Waals surface area contributed by atoms with Gasteiger partial charge in [0, 0.05) is 32.3 Å². The molecule has 0 radical (unpaired) electrons. The third kappa shape index (κ3) is 5.22. The van der Waals surface area contributed by atoms with E-state index in [9.17, 15) is 9.59 Å². The van der Waals surface area contributed by atoms with Gasteiger partial charge in [-0.05, 0) is 31.2 Å². The highest BCUT2D eigenvalue weighted by molar-refractivity contribution is 5.96. The number of rotatable bonds is 5.